The number of hydrogen-bond donors (Lipinski definition) is 2. The summed E-state index contributed by atoms with van der Waals surface area (Å²) >= 11 is 1.39. The van der Waals surface area contributed by atoms with Gasteiger partial charge >= 0.3 is 0 Å². The van der Waals surface area contributed by atoms with Crippen LogP contribution >= 0.6 is 11.3 Å². The molecule has 28 heavy (non-hydrogen) atoms. The first kappa shape index (κ1) is 18.3. The summed E-state index contributed by atoms with van der Waals surface area (Å²) in [7, 11) is 1.83. The summed E-state index contributed by atoms with van der Waals surface area (Å²) in [5.74, 6) is -0.428. The molecule has 2 amide bonds. The average Bonchev–Trinajstić information content (AvgIpc) is 3.44. The van der Waals surface area contributed by atoms with Crippen molar-refractivity contribution < 1.29 is 14.3 Å². The van der Waals surface area contributed by atoms with E-state index >= 15 is 0 Å². The number of nitrogens with one attached hydrogen (secondary N) is 2. The Morgan fingerprint density at radius 2 is 1.96 bits per heavy atom. The summed E-state index contributed by atoms with van der Waals surface area (Å²) in [6.45, 7) is 0.627. The molecule has 1 fully saturated rings. The molecule has 1 aliphatic rings. The van der Waals surface area contributed by atoms with Gasteiger partial charge in [0, 0.05) is 42.2 Å². The largest absolute Gasteiger partial charge is 0.368 e. The predicted octanol–water partition coefficient (Wildman–Crippen LogP) is 2.91. The lowest BCUT2D eigenvalue weighted by molar-refractivity contribution is -0.124. The van der Waals surface area contributed by atoms with E-state index < -0.39 is 0 Å². The number of aryl methyl sites for hydroxylation is 1. The number of benzene rings is 1. The highest BCUT2D eigenvalue weighted by atomic mass is 32.1. The third kappa shape index (κ3) is 4.10. The zero-order valence-corrected chi connectivity index (χ0v) is 16.0. The van der Waals surface area contributed by atoms with Gasteiger partial charge in [0.05, 0.1) is 6.20 Å². The third-order valence-electron chi connectivity index (χ3n) is 4.32. The van der Waals surface area contributed by atoms with Crippen molar-refractivity contribution in [3.63, 3.8) is 0 Å². The van der Waals surface area contributed by atoms with Crippen molar-refractivity contribution in [1.82, 2.24) is 14.8 Å². The van der Waals surface area contributed by atoms with Crippen molar-refractivity contribution >= 4 is 34.5 Å². The minimum Gasteiger partial charge on any atom is -0.368 e. The van der Waals surface area contributed by atoms with Gasteiger partial charge in [-0.3, -0.25) is 14.3 Å². The van der Waals surface area contributed by atoms with Crippen LogP contribution in [0.5, 0.6) is 0 Å². The number of ether oxygens (including phenoxy) is 1. The summed E-state index contributed by atoms with van der Waals surface area (Å²) in [6.07, 6.45) is 4.84. The predicted molar refractivity (Wildman–Crippen MR) is 106 cm³/mol. The molecule has 2 N–H and O–H groups in total. The molecule has 3 aromatic rings. The molecule has 8 nitrogen and oxygen atoms in total. The lowest BCUT2D eigenvalue weighted by Gasteiger charge is -2.11. The molecule has 0 radical (unpaired) electrons. The second-order valence-electron chi connectivity index (χ2n) is 6.46. The molecule has 3 heterocycles. The molecule has 4 rings (SSSR count). The van der Waals surface area contributed by atoms with Gasteiger partial charge in [-0.15, -0.1) is 11.3 Å². The first-order valence-electron chi connectivity index (χ1n) is 8.87. The maximum atomic E-state index is 12.4. The van der Waals surface area contributed by atoms with E-state index in [9.17, 15) is 9.59 Å². The fourth-order valence-corrected chi connectivity index (χ4v) is 3.66. The van der Waals surface area contributed by atoms with Crippen molar-refractivity contribution in [3.8, 4) is 10.6 Å². The number of hydrogen-bond acceptors (Lipinski definition) is 6. The van der Waals surface area contributed by atoms with Crippen LogP contribution in [0.4, 0.5) is 11.4 Å². The molecule has 1 atom stereocenters. The highest BCUT2D eigenvalue weighted by Crippen LogP contribution is 2.24. The quantitative estimate of drug-likeness (QED) is 0.690. The number of thiazole rings is 1. The summed E-state index contributed by atoms with van der Waals surface area (Å²) < 4.78 is 7.06. The minimum atomic E-state index is -0.377. The Morgan fingerprint density at radius 3 is 2.61 bits per heavy atom. The summed E-state index contributed by atoms with van der Waals surface area (Å²) in [5.41, 5.74) is 2.50. The maximum Gasteiger partial charge on any atom is 0.275 e. The Hall–Kier alpha value is -3.04. The highest BCUT2D eigenvalue weighted by Gasteiger charge is 2.23. The number of anilines is 2. The lowest BCUT2D eigenvalue weighted by atomic mass is 10.2. The van der Waals surface area contributed by atoms with Crippen LogP contribution in [0.15, 0.2) is 42.0 Å². The van der Waals surface area contributed by atoms with Gasteiger partial charge in [0.2, 0.25) is 0 Å². The number of carbonyl (C=O) groups is 2. The molecular formula is C19H19N5O3S. The van der Waals surface area contributed by atoms with Crippen LogP contribution in [0.1, 0.15) is 23.3 Å². The van der Waals surface area contributed by atoms with Crippen LogP contribution in [-0.2, 0) is 16.6 Å². The topological polar surface area (TPSA) is 98.1 Å². The van der Waals surface area contributed by atoms with Gasteiger partial charge < -0.3 is 15.4 Å². The average molecular weight is 397 g/mol. The van der Waals surface area contributed by atoms with Gasteiger partial charge in [-0.1, -0.05) is 0 Å². The molecule has 0 unspecified atom stereocenters. The van der Waals surface area contributed by atoms with Crippen molar-refractivity contribution in [2.75, 3.05) is 17.2 Å². The van der Waals surface area contributed by atoms with Crippen molar-refractivity contribution in [2.45, 2.75) is 18.9 Å². The van der Waals surface area contributed by atoms with Crippen LogP contribution < -0.4 is 10.6 Å². The molecule has 1 aliphatic heterocycles. The SMILES string of the molecule is Cn1cc(-c2nc(C(=O)Nc3ccc(NC(=O)[C@@H]4CCCO4)cc3)cs2)cn1. The number of amides is 2. The second-order valence-corrected chi connectivity index (χ2v) is 7.32. The van der Waals surface area contributed by atoms with Crippen molar-refractivity contribution in [1.29, 1.82) is 0 Å². The first-order valence-corrected chi connectivity index (χ1v) is 9.75. The van der Waals surface area contributed by atoms with Gasteiger partial charge in [0.1, 0.15) is 16.8 Å². The second kappa shape index (κ2) is 7.91. The number of carbonyl (C=O) groups excluding carboxylic acids is 2. The highest BCUT2D eigenvalue weighted by molar-refractivity contribution is 7.13. The first-order chi connectivity index (χ1) is 13.6. The fourth-order valence-electron chi connectivity index (χ4n) is 2.88. The molecule has 0 spiro atoms. The Labute approximate surface area is 165 Å². The van der Waals surface area contributed by atoms with Gasteiger partial charge in [0.15, 0.2) is 0 Å². The molecule has 1 aromatic carbocycles. The number of rotatable bonds is 5. The van der Waals surface area contributed by atoms with Gasteiger partial charge in [-0.25, -0.2) is 4.98 Å². The van der Waals surface area contributed by atoms with E-state index in [1.807, 2.05) is 13.2 Å². The molecule has 9 heteroatoms. The number of nitrogens with zero attached hydrogens (tertiary/aromatic N) is 3. The minimum absolute atomic E-state index is 0.139. The third-order valence-corrected chi connectivity index (χ3v) is 5.21. The molecule has 1 saturated heterocycles. The molecular weight excluding hydrogens is 378 g/mol. The van der Waals surface area contributed by atoms with Crippen LogP contribution in [0, 0.1) is 0 Å². The van der Waals surface area contributed by atoms with Crippen LogP contribution in [0.2, 0.25) is 0 Å². The van der Waals surface area contributed by atoms with E-state index in [2.05, 4.69) is 20.7 Å². The summed E-state index contributed by atoms with van der Waals surface area (Å²) in [4.78, 5) is 28.9. The van der Waals surface area contributed by atoms with Crippen molar-refractivity contribution in [2.24, 2.45) is 7.05 Å². The molecule has 0 aliphatic carbocycles. The van der Waals surface area contributed by atoms with Gasteiger partial charge in [0.25, 0.3) is 11.8 Å². The molecule has 2 aromatic heterocycles. The van der Waals surface area contributed by atoms with Crippen LogP contribution in [0.3, 0.4) is 0 Å². The maximum absolute atomic E-state index is 12.4. The summed E-state index contributed by atoms with van der Waals surface area (Å²) in [5, 5.41) is 12.2. The van der Waals surface area contributed by atoms with E-state index in [-0.39, 0.29) is 17.9 Å². The van der Waals surface area contributed by atoms with Crippen LogP contribution in [0.25, 0.3) is 10.6 Å². The van der Waals surface area contributed by atoms with E-state index in [1.54, 1.807) is 40.5 Å². The van der Waals surface area contributed by atoms with E-state index in [1.165, 1.54) is 11.3 Å². The Morgan fingerprint density at radius 1 is 1.21 bits per heavy atom. The zero-order chi connectivity index (χ0) is 19.5. The smallest absolute Gasteiger partial charge is 0.275 e. The van der Waals surface area contributed by atoms with Crippen LogP contribution in [-0.4, -0.2) is 39.3 Å². The molecule has 0 saturated carbocycles. The van der Waals surface area contributed by atoms with Gasteiger partial charge in [-0.2, -0.15) is 5.10 Å². The Kier molecular flexibility index (Phi) is 5.18. The zero-order valence-electron chi connectivity index (χ0n) is 15.2. The fraction of sp³-hybridized carbons (Fsp3) is 0.263. The standard InChI is InChI=1S/C19H19N5O3S/c1-24-10-12(9-20-24)19-23-15(11-28-19)17(25)21-13-4-6-14(7-5-13)22-18(26)16-3-2-8-27-16/h4-7,9-11,16H,2-3,8H2,1H3,(H,21,25)(H,22,26)/t16-/m0/s1. The summed E-state index contributed by atoms with van der Waals surface area (Å²) in [6, 6.07) is 6.95. The molecule has 144 valence electrons. The normalized spacial score (nSPS) is 16.1. The monoisotopic (exact) mass is 397 g/mol. The lowest BCUT2D eigenvalue weighted by Crippen LogP contribution is -2.26. The van der Waals surface area contributed by atoms with Crippen molar-refractivity contribution in [3.05, 3.63) is 47.7 Å². The van der Waals surface area contributed by atoms with E-state index in [0.717, 1.165) is 23.4 Å². The Balaban J connectivity index is 1.37. The Bertz CT molecular complexity index is 989. The van der Waals surface area contributed by atoms with Gasteiger partial charge in [-0.05, 0) is 37.1 Å². The molecule has 0 bridgehead atoms. The van der Waals surface area contributed by atoms with E-state index in [4.69, 9.17) is 4.74 Å². The number of aromatic nitrogens is 3. The van der Waals surface area contributed by atoms with E-state index in [0.29, 0.717) is 23.7 Å².